The van der Waals surface area contributed by atoms with Gasteiger partial charge in [-0.25, -0.2) is 4.39 Å². The van der Waals surface area contributed by atoms with Crippen molar-refractivity contribution in [2.75, 3.05) is 6.54 Å². The molecule has 1 aromatic rings. The third kappa shape index (κ3) is 1.98. The molecule has 0 aromatic heterocycles. The molecule has 86 valence electrons. The van der Waals surface area contributed by atoms with Crippen LogP contribution in [0, 0.1) is 5.82 Å². The Balaban J connectivity index is 2.30. The van der Waals surface area contributed by atoms with E-state index in [9.17, 15) is 9.18 Å². The van der Waals surface area contributed by atoms with Crippen LogP contribution >= 0.6 is 15.9 Å². The SMILES string of the molecule is C[C@@H]1CCCN1C(=O)c1cccc(Br)c1F. The highest BCUT2D eigenvalue weighted by Crippen LogP contribution is 2.24. The van der Waals surface area contributed by atoms with Crippen LogP contribution in [0.5, 0.6) is 0 Å². The minimum absolute atomic E-state index is 0.156. The molecule has 0 radical (unpaired) electrons. The van der Waals surface area contributed by atoms with E-state index in [2.05, 4.69) is 15.9 Å². The minimum atomic E-state index is -0.466. The van der Waals surface area contributed by atoms with Crippen LogP contribution in [-0.2, 0) is 0 Å². The van der Waals surface area contributed by atoms with Crippen molar-refractivity contribution in [1.82, 2.24) is 4.90 Å². The van der Waals surface area contributed by atoms with Crippen LogP contribution in [0.4, 0.5) is 4.39 Å². The largest absolute Gasteiger partial charge is 0.336 e. The van der Waals surface area contributed by atoms with Gasteiger partial charge in [-0.2, -0.15) is 0 Å². The fourth-order valence-corrected chi connectivity index (χ4v) is 2.42. The Labute approximate surface area is 103 Å². The van der Waals surface area contributed by atoms with Crippen molar-refractivity contribution in [2.24, 2.45) is 0 Å². The molecule has 0 spiro atoms. The molecule has 0 unspecified atom stereocenters. The minimum Gasteiger partial charge on any atom is -0.336 e. The average Bonchev–Trinajstić information content (AvgIpc) is 2.68. The van der Waals surface area contributed by atoms with Crippen molar-refractivity contribution in [3.63, 3.8) is 0 Å². The second-order valence-electron chi connectivity index (χ2n) is 4.09. The lowest BCUT2D eigenvalue weighted by atomic mass is 10.1. The van der Waals surface area contributed by atoms with E-state index in [4.69, 9.17) is 0 Å². The van der Waals surface area contributed by atoms with Gasteiger partial charge in [-0.15, -0.1) is 0 Å². The van der Waals surface area contributed by atoms with E-state index in [1.165, 1.54) is 6.07 Å². The van der Waals surface area contributed by atoms with Crippen LogP contribution in [0.1, 0.15) is 30.1 Å². The summed E-state index contributed by atoms with van der Waals surface area (Å²) in [6, 6.07) is 5.03. The van der Waals surface area contributed by atoms with Crippen LogP contribution in [0.3, 0.4) is 0 Å². The van der Waals surface area contributed by atoms with E-state index in [1.807, 2.05) is 6.92 Å². The molecule has 1 aliphatic heterocycles. The highest BCUT2D eigenvalue weighted by Gasteiger charge is 2.27. The summed E-state index contributed by atoms with van der Waals surface area (Å²) < 4.78 is 14.1. The van der Waals surface area contributed by atoms with Crippen molar-refractivity contribution in [3.8, 4) is 0 Å². The van der Waals surface area contributed by atoms with E-state index < -0.39 is 5.82 Å². The summed E-state index contributed by atoms with van der Waals surface area (Å²) in [6.07, 6.45) is 2.00. The maximum absolute atomic E-state index is 13.7. The summed E-state index contributed by atoms with van der Waals surface area (Å²) in [5.41, 5.74) is 0.156. The van der Waals surface area contributed by atoms with E-state index >= 15 is 0 Å². The normalized spacial score (nSPS) is 20.2. The number of halogens is 2. The number of nitrogens with zero attached hydrogens (tertiary/aromatic N) is 1. The standard InChI is InChI=1S/C12H13BrFNO/c1-8-4-3-7-15(8)12(16)9-5-2-6-10(13)11(9)14/h2,5-6,8H,3-4,7H2,1H3/t8-/m1/s1. The fourth-order valence-electron chi connectivity index (χ4n) is 2.06. The number of hydrogen-bond acceptors (Lipinski definition) is 1. The van der Waals surface area contributed by atoms with Gasteiger partial charge in [-0.05, 0) is 47.8 Å². The van der Waals surface area contributed by atoms with Crippen LogP contribution in [0.25, 0.3) is 0 Å². The zero-order valence-electron chi connectivity index (χ0n) is 9.04. The number of likely N-dealkylation sites (tertiary alicyclic amines) is 1. The quantitative estimate of drug-likeness (QED) is 0.776. The lowest BCUT2D eigenvalue weighted by Gasteiger charge is -2.21. The van der Waals surface area contributed by atoms with Crippen LogP contribution in [0.2, 0.25) is 0 Å². The predicted octanol–water partition coefficient (Wildman–Crippen LogP) is 3.21. The Hall–Kier alpha value is -0.900. The Morgan fingerprint density at radius 3 is 2.94 bits per heavy atom. The van der Waals surface area contributed by atoms with Crippen molar-refractivity contribution < 1.29 is 9.18 Å². The molecule has 16 heavy (non-hydrogen) atoms. The van der Waals surface area contributed by atoms with Gasteiger partial charge in [0.15, 0.2) is 0 Å². The summed E-state index contributed by atoms with van der Waals surface area (Å²) in [4.78, 5) is 13.8. The van der Waals surface area contributed by atoms with E-state index in [1.54, 1.807) is 17.0 Å². The van der Waals surface area contributed by atoms with Gasteiger partial charge >= 0.3 is 0 Å². The molecule has 2 nitrogen and oxygen atoms in total. The summed E-state index contributed by atoms with van der Waals surface area (Å²) in [5.74, 6) is -0.671. The molecular weight excluding hydrogens is 273 g/mol. The molecule has 1 aromatic carbocycles. The highest BCUT2D eigenvalue weighted by atomic mass is 79.9. The van der Waals surface area contributed by atoms with E-state index in [-0.39, 0.29) is 17.5 Å². The Kier molecular flexibility index (Phi) is 3.28. The fraction of sp³-hybridized carbons (Fsp3) is 0.417. The molecule has 1 atom stereocenters. The van der Waals surface area contributed by atoms with Crippen molar-refractivity contribution >= 4 is 21.8 Å². The summed E-state index contributed by atoms with van der Waals surface area (Å²) in [5, 5.41) is 0. The zero-order chi connectivity index (χ0) is 11.7. The smallest absolute Gasteiger partial charge is 0.257 e. The average molecular weight is 286 g/mol. The van der Waals surface area contributed by atoms with Crippen molar-refractivity contribution in [1.29, 1.82) is 0 Å². The van der Waals surface area contributed by atoms with Gasteiger partial charge in [0, 0.05) is 12.6 Å². The lowest BCUT2D eigenvalue weighted by Crippen LogP contribution is -2.34. The first kappa shape index (κ1) is 11.6. The molecule has 4 heteroatoms. The van der Waals surface area contributed by atoms with Gasteiger partial charge in [-0.1, -0.05) is 6.07 Å². The number of carbonyl (C=O) groups is 1. The summed E-state index contributed by atoms with van der Waals surface area (Å²) >= 11 is 3.09. The van der Waals surface area contributed by atoms with Gasteiger partial charge in [0.2, 0.25) is 0 Å². The van der Waals surface area contributed by atoms with E-state index in [0.717, 1.165) is 19.4 Å². The summed E-state index contributed by atoms with van der Waals surface area (Å²) in [7, 11) is 0. The molecule has 1 aliphatic rings. The van der Waals surface area contributed by atoms with Gasteiger partial charge in [-0.3, -0.25) is 4.79 Å². The second kappa shape index (κ2) is 4.53. The van der Waals surface area contributed by atoms with E-state index in [0.29, 0.717) is 4.47 Å². The monoisotopic (exact) mass is 285 g/mol. The van der Waals surface area contributed by atoms with Crippen LogP contribution < -0.4 is 0 Å². The molecule has 0 saturated carbocycles. The second-order valence-corrected chi connectivity index (χ2v) is 4.95. The maximum atomic E-state index is 13.7. The Morgan fingerprint density at radius 1 is 1.56 bits per heavy atom. The topological polar surface area (TPSA) is 20.3 Å². The van der Waals surface area contributed by atoms with Gasteiger partial charge < -0.3 is 4.90 Å². The zero-order valence-corrected chi connectivity index (χ0v) is 10.6. The molecule has 1 heterocycles. The molecule has 1 fully saturated rings. The molecular formula is C12H13BrFNO. The van der Waals surface area contributed by atoms with Gasteiger partial charge in [0.05, 0.1) is 10.0 Å². The molecule has 1 amide bonds. The van der Waals surface area contributed by atoms with Gasteiger partial charge in [0.25, 0.3) is 5.91 Å². The third-order valence-electron chi connectivity index (χ3n) is 3.00. The highest BCUT2D eigenvalue weighted by molar-refractivity contribution is 9.10. The van der Waals surface area contributed by atoms with Crippen molar-refractivity contribution in [3.05, 3.63) is 34.1 Å². The molecule has 1 saturated heterocycles. The molecule has 0 N–H and O–H groups in total. The number of amides is 1. The third-order valence-corrected chi connectivity index (χ3v) is 3.61. The number of rotatable bonds is 1. The van der Waals surface area contributed by atoms with Gasteiger partial charge in [0.1, 0.15) is 5.82 Å². The first-order valence-electron chi connectivity index (χ1n) is 5.36. The Morgan fingerprint density at radius 2 is 2.31 bits per heavy atom. The number of benzene rings is 1. The first-order valence-corrected chi connectivity index (χ1v) is 6.15. The number of hydrogen-bond donors (Lipinski definition) is 0. The Bertz CT molecular complexity index is 421. The summed E-state index contributed by atoms with van der Waals surface area (Å²) in [6.45, 7) is 2.73. The first-order chi connectivity index (χ1) is 7.61. The van der Waals surface area contributed by atoms with Crippen LogP contribution in [0.15, 0.2) is 22.7 Å². The maximum Gasteiger partial charge on any atom is 0.257 e. The van der Waals surface area contributed by atoms with Crippen molar-refractivity contribution in [2.45, 2.75) is 25.8 Å². The number of carbonyl (C=O) groups excluding carboxylic acids is 1. The molecule has 0 aliphatic carbocycles. The predicted molar refractivity (Wildman–Crippen MR) is 63.8 cm³/mol. The van der Waals surface area contributed by atoms with Crippen LogP contribution in [-0.4, -0.2) is 23.4 Å². The molecule has 2 rings (SSSR count). The lowest BCUT2D eigenvalue weighted by molar-refractivity contribution is 0.0742. The molecule has 0 bridgehead atoms.